The van der Waals surface area contributed by atoms with Gasteiger partial charge in [-0.15, -0.1) is 0 Å². The zero-order valence-electron chi connectivity index (χ0n) is 5.85. The van der Waals surface area contributed by atoms with Crippen molar-refractivity contribution in [3.05, 3.63) is 0 Å². The van der Waals surface area contributed by atoms with Crippen molar-refractivity contribution in [3.8, 4) is 0 Å². The van der Waals surface area contributed by atoms with E-state index in [9.17, 15) is 39.5 Å². The fourth-order valence-corrected chi connectivity index (χ4v) is 0.347. The fourth-order valence-electron chi connectivity index (χ4n) is 0.347. The van der Waals surface area contributed by atoms with Crippen molar-refractivity contribution >= 4 is 6.22 Å². The van der Waals surface area contributed by atoms with Crippen molar-refractivity contribution in [3.63, 3.8) is 0 Å². The lowest BCUT2D eigenvalue weighted by Crippen LogP contribution is -2.51. The summed E-state index contributed by atoms with van der Waals surface area (Å²) in [5.74, 6) is -6.64. The largest absolute Gasteiger partial charge is 0.462 e. The molecule has 10 heteroatoms. The highest BCUT2D eigenvalue weighted by Gasteiger charge is 2.74. The highest BCUT2D eigenvalue weighted by Crippen LogP contribution is 2.47. The van der Waals surface area contributed by atoms with Crippen LogP contribution in [0.5, 0.6) is 0 Å². The minimum Gasteiger partial charge on any atom is -0.187 e. The van der Waals surface area contributed by atoms with Crippen LogP contribution in [0.2, 0.25) is 0 Å². The molecular formula is C4F9N. The maximum atomic E-state index is 11.8. The van der Waals surface area contributed by atoms with Crippen LogP contribution in [-0.4, -0.2) is 24.4 Å². The van der Waals surface area contributed by atoms with Gasteiger partial charge >= 0.3 is 24.4 Å². The summed E-state index contributed by atoms with van der Waals surface area (Å²) in [4.78, 5) is 0.627. The first-order valence-corrected chi connectivity index (χ1v) is 2.65. The Kier molecular flexibility index (Phi) is 3.09. The molecule has 14 heavy (non-hydrogen) atoms. The van der Waals surface area contributed by atoms with E-state index in [1.54, 1.807) is 0 Å². The van der Waals surface area contributed by atoms with Crippen molar-refractivity contribution in [1.82, 2.24) is 0 Å². The standard InChI is InChI=1S/C4F9N/c5-1(6)14-4(12,13)2(7,8)3(9,10)11. The van der Waals surface area contributed by atoms with Crippen molar-refractivity contribution in [2.24, 2.45) is 4.99 Å². The second-order valence-electron chi connectivity index (χ2n) is 1.97. The van der Waals surface area contributed by atoms with Gasteiger partial charge < -0.3 is 0 Å². The van der Waals surface area contributed by atoms with Crippen LogP contribution in [0.1, 0.15) is 0 Å². The predicted molar refractivity (Wildman–Crippen MR) is 25.6 cm³/mol. The van der Waals surface area contributed by atoms with E-state index in [2.05, 4.69) is 0 Å². The Bertz CT molecular complexity index is 234. The van der Waals surface area contributed by atoms with Gasteiger partial charge in [0, 0.05) is 0 Å². The highest BCUT2D eigenvalue weighted by atomic mass is 19.4. The number of hydrogen-bond acceptors (Lipinski definition) is 1. The zero-order valence-corrected chi connectivity index (χ0v) is 5.85. The molecule has 0 heterocycles. The van der Waals surface area contributed by atoms with Crippen molar-refractivity contribution in [1.29, 1.82) is 0 Å². The Labute approximate surface area is 70.2 Å². The van der Waals surface area contributed by atoms with E-state index in [0.717, 1.165) is 0 Å². The van der Waals surface area contributed by atoms with E-state index in [4.69, 9.17) is 0 Å². The Hall–Kier alpha value is -0.960. The lowest BCUT2D eigenvalue weighted by molar-refractivity contribution is -0.352. The van der Waals surface area contributed by atoms with Crippen LogP contribution in [-0.2, 0) is 0 Å². The maximum Gasteiger partial charge on any atom is 0.462 e. The minimum atomic E-state index is -6.66. The minimum absolute atomic E-state index is 0.627. The molecule has 0 N–H and O–H groups in total. The van der Waals surface area contributed by atoms with Crippen LogP contribution in [0.15, 0.2) is 4.99 Å². The average Bonchev–Trinajstić information content (AvgIpc) is 1.80. The van der Waals surface area contributed by atoms with E-state index in [-0.39, 0.29) is 0 Å². The van der Waals surface area contributed by atoms with Crippen molar-refractivity contribution in [2.45, 2.75) is 18.1 Å². The van der Waals surface area contributed by atoms with E-state index in [0.29, 0.717) is 4.99 Å². The predicted octanol–water partition coefficient (Wildman–Crippen LogP) is 3.07. The molecule has 0 bridgehead atoms. The van der Waals surface area contributed by atoms with Crippen LogP contribution in [0.3, 0.4) is 0 Å². The van der Waals surface area contributed by atoms with Gasteiger partial charge in [0.1, 0.15) is 0 Å². The lowest BCUT2D eigenvalue weighted by atomic mass is 10.3. The molecule has 0 saturated heterocycles. The molecule has 0 fully saturated rings. The molecule has 0 aromatic rings. The molecule has 0 aliphatic rings. The molecule has 0 saturated carbocycles. The summed E-state index contributed by atoms with van der Waals surface area (Å²) in [6.45, 7) is 0. The third-order valence-electron chi connectivity index (χ3n) is 0.959. The topological polar surface area (TPSA) is 12.4 Å². The second kappa shape index (κ2) is 3.31. The molecule has 0 amide bonds. The third-order valence-corrected chi connectivity index (χ3v) is 0.959. The van der Waals surface area contributed by atoms with Gasteiger partial charge in [0.15, 0.2) is 0 Å². The first-order chi connectivity index (χ1) is 5.92. The first-order valence-electron chi connectivity index (χ1n) is 2.65. The van der Waals surface area contributed by atoms with Gasteiger partial charge in [-0.2, -0.15) is 44.5 Å². The number of halogens is 9. The van der Waals surface area contributed by atoms with Gasteiger partial charge in [0.05, 0.1) is 0 Å². The molecule has 1 nitrogen and oxygen atoms in total. The summed E-state index contributed by atoms with van der Waals surface area (Å²) >= 11 is 0. The monoisotopic (exact) mass is 233 g/mol. The summed E-state index contributed by atoms with van der Waals surface area (Å²) in [5, 5.41) is 0. The smallest absolute Gasteiger partial charge is 0.187 e. The molecule has 0 unspecified atom stereocenters. The van der Waals surface area contributed by atoms with Crippen LogP contribution in [0.25, 0.3) is 0 Å². The van der Waals surface area contributed by atoms with Crippen molar-refractivity contribution in [2.75, 3.05) is 0 Å². The van der Waals surface area contributed by atoms with E-state index >= 15 is 0 Å². The molecule has 0 radical (unpaired) electrons. The molecule has 0 aliphatic heterocycles. The molecule has 0 aromatic carbocycles. The van der Waals surface area contributed by atoms with Crippen molar-refractivity contribution < 1.29 is 39.5 Å². The number of alkyl halides is 7. The normalized spacial score (nSPS) is 14.1. The highest BCUT2D eigenvalue weighted by molar-refractivity contribution is 5.64. The summed E-state index contributed by atoms with van der Waals surface area (Å²) < 4.78 is 103. The van der Waals surface area contributed by atoms with Gasteiger partial charge in [0.25, 0.3) is 0 Å². The molecule has 0 spiro atoms. The van der Waals surface area contributed by atoms with Crippen LogP contribution < -0.4 is 0 Å². The summed E-state index contributed by atoms with van der Waals surface area (Å²) in [7, 11) is 0. The quantitative estimate of drug-likeness (QED) is 0.395. The number of nitrogens with zero attached hydrogens (tertiary/aromatic N) is 1. The Morgan fingerprint density at radius 2 is 1.14 bits per heavy atom. The van der Waals surface area contributed by atoms with Crippen LogP contribution >= 0.6 is 0 Å². The Morgan fingerprint density at radius 1 is 0.786 bits per heavy atom. The van der Waals surface area contributed by atoms with E-state index < -0.39 is 24.4 Å². The first kappa shape index (κ1) is 13.0. The number of rotatable bonds is 2. The molecule has 84 valence electrons. The summed E-state index contributed by atoms with van der Waals surface area (Å²) in [5.41, 5.74) is 0. The Morgan fingerprint density at radius 3 is 1.36 bits per heavy atom. The van der Waals surface area contributed by atoms with E-state index in [1.165, 1.54) is 0 Å². The van der Waals surface area contributed by atoms with Gasteiger partial charge in [0.2, 0.25) is 0 Å². The summed E-state index contributed by atoms with van der Waals surface area (Å²) in [6, 6.07) is -6.22. The van der Waals surface area contributed by atoms with Gasteiger partial charge in [-0.3, -0.25) is 0 Å². The van der Waals surface area contributed by atoms with Gasteiger partial charge in [-0.25, -0.2) is 0 Å². The molecule has 0 aliphatic carbocycles. The van der Waals surface area contributed by atoms with Crippen LogP contribution in [0.4, 0.5) is 39.5 Å². The molecule has 0 rings (SSSR count). The van der Waals surface area contributed by atoms with Gasteiger partial charge in [-0.1, -0.05) is 0 Å². The molecule has 0 atom stereocenters. The zero-order chi connectivity index (χ0) is 11.8. The van der Waals surface area contributed by atoms with Crippen LogP contribution in [0, 0.1) is 0 Å². The SMILES string of the molecule is FC(F)=NC(F)(F)C(F)(F)C(F)(F)F. The van der Waals surface area contributed by atoms with Gasteiger partial charge in [-0.05, 0) is 0 Å². The molecule has 0 aromatic heterocycles. The average molecular weight is 233 g/mol. The number of hydrogen-bond donors (Lipinski definition) is 0. The van der Waals surface area contributed by atoms with E-state index in [1.807, 2.05) is 0 Å². The maximum absolute atomic E-state index is 11.8. The second-order valence-corrected chi connectivity index (χ2v) is 1.97. The fraction of sp³-hybridized carbons (Fsp3) is 0.750. The lowest BCUT2D eigenvalue weighted by Gasteiger charge is -2.24. The summed E-state index contributed by atoms with van der Waals surface area (Å²) in [6.07, 6.45) is -10.2. The third kappa shape index (κ3) is 2.29. The Balaban J connectivity index is 5.18. The molecular weight excluding hydrogens is 233 g/mol. The number of aliphatic imine (C=N–C) groups is 1.